The fourth-order valence-electron chi connectivity index (χ4n) is 2.11. The SMILES string of the molecule is CCC(CC(=O)O)c1ccc2c(c1)oc(=O)n2C. The molecule has 0 aliphatic heterocycles. The van der Waals surface area contributed by atoms with Crippen LogP contribution in [-0.4, -0.2) is 15.6 Å². The maximum atomic E-state index is 11.4. The van der Waals surface area contributed by atoms with Gasteiger partial charge >= 0.3 is 11.7 Å². The number of hydrogen-bond acceptors (Lipinski definition) is 3. The molecule has 5 nitrogen and oxygen atoms in total. The second-order valence-corrected chi connectivity index (χ2v) is 4.36. The molecule has 0 saturated carbocycles. The Bertz CT molecular complexity index is 638. The van der Waals surface area contributed by atoms with Gasteiger partial charge in [0.15, 0.2) is 5.58 Å². The normalized spacial score (nSPS) is 12.8. The van der Waals surface area contributed by atoms with Gasteiger partial charge in [0.2, 0.25) is 0 Å². The van der Waals surface area contributed by atoms with Crippen LogP contribution in [0.2, 0.25) is 0 Å². The molecule has 0 saturated heterocycles. The fraction of sp³-hybridized carbons (Fsp3) is 0.385. The summed E-state index contributed by atoms with van der Waals surface area (Å²) in [6.07, 6.45) is 0.813. The molecule has 5 heteroatoms. The van der Waals surface area contributed by atoms with Crippen LogP contribution in [0.25, 0.3) is 11.1 Å². The van der Waals surface area contributed by atoms with E-state index in [0.717, 1.165) is 12.0 Å². The Labute approximate surface area is 104 Å². The molecule has 18 heavy (non-hydrogen) atoms. The molecule has 96 valence electrons. The van der Waals surface area contributed by atoms with Crippen molar-refractivity contribution in [1.29, 1.82) is 0 Å². The highest BCUT2D eigenvalue weighted by molar-refractivity contribution is 5.74. The summed E-state index contributed by atoms with van der Waals surface area (Å²) in [6, 6.07) is 5.41. The zero-order chi connectivity index (χ0) is 13.3. The van der Waals surface area contributed by atoms with E-state index in [4.69, 9.17) is 9.52 Å². The van der Waals surface area contributed by atoms with Crippen LogP contribution in [0.3, 0.4) is 0 Å². The molecule has 1 unspecified atom stereocenters. The molecule has 0 bridgehead atoms. The minimum atomic E-state index is -0.823. The number of aliphatic carboxylic acids is 1. The van der Waals surface area contributed by atoms with Gasteiger partial charge in [0, 0.05) is 7.05 Å². The van der Waals surface area contributed by atoms with E-state index in [9.17, 15) is 9.59 Å². The second-order valence-electron chi connectivity index (χ2n) is 4.36. The van der Waals surface area contributed by atoms with Gasteiger partial charge in [-0.05, 0) is 30.0 Å². The van der Waals surface area contributed by atoms with Crippen molar-refractivity contribution < 1.29 is 14.3 Å². The number of oxazole rings is 1. The number of rotatable bonds is 4. The van der Waals surface area contributed by atoms with Crippen molar-refractivity contribution in [3.05, 3.63) is 34.3 Å². The fourth-order valence-corrected chi connectivity index (χ4v) is 2.11. The van der Waals surface area contributed by atoms with Gasteiger partial charge in [-0.3, -0.25) is 9.36 Å². The van der Waals surface area contributed by atoms with Crippen LogP contribution in [0.15, 0.2) is 27.4 Å². The minimum absolute atomic E-state index is 0.0580. The highest BCUT2D eigenvalue weighted by Gasteiger charge is 2.15. The maximum absolute atomic E-state index is 11.4. The maximum Gasteiger partial charge on any atom is 0.419 e. The molecular formula is C13H15NO4. The predicted octanol–water partition coefficient (Wildman–Crippen LogP) is 2.10. The lowest BCUT2D eigenvalue weighted by Gasteiger charge is -2.12. The molecule has 2 rings (SSSR count). The smallest absolute Gasteiger partial charge is 0.419 e. The number of hydrogen-bond donors (Lipinski definition) is 1. The number of aryl methyl sites for hydroxylation is 1. The van der Waals surface area contributed by atoms with Gasteiger partial charge in [-0.15, -0.1) is 0 Å². The van der Waals surface area contributed by atoms with Crippen LogP contribution in [0.1, 0.15) is 31.2 Å². The molecule has 0 radical (unpaired) electrons. The summed E-state index contributed by atoms with van der Waals surface area (Å²) in [5.74, 6) is -1.29. The molecule has 1 N–H and O–H groups in total. The van der Waals surface area contributed by atoms with Crippen LogP contribution >= 0.6 is 0 Å². The lowest BCUT2D eigenvalue weighted by Crippen LogP contribution is -2.08. The summed E-state index contributed by atoms with van der Waals surface area (Å²) in [4.78, 5) is 22.2. The first-order valence-electron chi connectivity index (χ1n) is 5.84. The first-order valence-corrected chi connectivity index (χ1v) is 5.84. The van der Waals surface area contributed by atoms with Crippen molar-refractivity contribution in [3.8, 4) is 0 Å². The van der Waals surface area contributed by atoms with Crippen molar-refractivity contribution in [3.63, 3.8) is 0 Å². The van der Waals surface area contributed by atoms with E-state index in [2.05, 4.69) is 0 Å². The lowest BCUT2D eigenvalue weighted by atomic mass is 9.93. The van der Waals surface area contributed by atoms with Crippen LogP contribution in [0, 0.1) is 0 Å². The Balaban J connectivity index is 2.45. The monoisotopic (exact) mass is 249 g/mol. The lowest BCUT2D eigenvalue weighted by molar-refractivity contribution is -0.137. The van der Waals surface area contributed by atoms with E-state index in [0.29, 0.717) is 11.1 Å². The third-order valence-corrected chi connectivity index (χ3v) is 3.20. The third kappa shape index (κ3) is 2.16. The highest BCUT2D eigenvalue weighted by atomic mass is 16.4. The zero-order valence-electron chi connectivity index (χ0n) is 10.3. The number of benzene rings is 1. The molecule has 0 spiro atoms. The van der Waals surface area contributed by atoms with Gasteiger partial charge in [0.1, 0.15) is 0 Å². The predicted molar refractivity (Wildman–Crippen MR) is 66.7 cm³/mol. The summed E-state index contributed by atoms with van der Waals surface area (Å²) in [5.41, 5.74) is 2.11. The van der Waals surface area contributed by atoms with Crippen molar-refractivity contribution in [2.75, 3.05) is 0 Å². The number of carbonyl (C=O) groups is 1. The van der Waals surface area contributed by atoms with Crippen molar-refractivity contribution in [2.45, 2.75) is 25.7 Å². The number of carboxylic acids is 1. The Morgan fingerprint density at radius 2 is 2.22 bits per heavy atom. The van der Waals surface area contributed by atoms with Crippen LogP contribution in [0.4, 0.5) is 0 Å². The van der Waals surface area contributed by atoms with Crippen LogP contribution in [0.5, 0.6) is 0 Å². The van der Waals surface area contributed by atoms with Gasteiger partial charge in [0.25, 0.3) is 0 Å². The summed E-state index contributed by atoms with van der Waals surface area (Å²) >= 11 is 0. The van der Waals surface area contributed by atoms with Gasteiger partial charge in [-0.25, -0.2) is 4.79 Å². The van der Waals surface area contributed by atoms with Gasteiger partial charge in [0.05, 0.1) is 11.9 Å². The van der Waals surface area contributed by atoms with E-state index in [1.54, 1.807) is 19.2 Å². The average Bonchev–Trinajstić information content (AvgIpc) is 2.61. The van der Waals surface area contributed by atoms with E-state index in [-0.39, 0.29) is 12.3 Å². The second kappa shape index (κ2) is 4.68. The summed E-state index contributed by atoms with van der Waals surface area (Å²) in [7, 11) is 1.64. The molecule has 1 atom stereocenters. The first-order chi connectivity index (χ1) is 8.52. The molecule has 1 aromatic heterocycles. The molecule has 1 aromatic carbocycles. The number of carboxylic acid groups (broad SMARTS) is 1. The van der Waals surface area contributed by atoms with Gasteiger partial charge in [-0.2, -0.15) is 0 Å². The zero-order valence-corrected chi connectivity index (χ0v) is 10.3. The molecule has 0 fully saturated rings. The summed E-state index contributed by atoms with van der Waals surface area (Å²) in [6.45, 7) is 1.94. The first kappa shape index (κ1) is 12.4. The number of nitrogens with zero attached hydrogens (tertiary/aromatic N) is 1. The van der Waals surface area contributed by atoms with E-state index in [1.807, 2.05) is 13.0 Å². The molecule has 1 heterocycles. The Morgan fingerprint density at radius 1 is 1.50 bits per heavy atom. The van der Waals surface area contributed by atoms with Crippen LogP contribution < -0.4 is 5.76 Å². The summed E-state index contributed by atoms with van der Waals surface area (Å²) in [5, 5.41) is 8.86. The number of aromatic nitrogens is 1. The van der Waals surface area contributed by atoms with Crippen molar-refractivity contribution in [1.82, 2.24) is 4.57 Å². The van der Waals surface area contributed by atoms with Crippen molar-refractivity contribution in [2.24, 2.45) is 7.05 Å². The molecule has 0 amide bonds. The molecule has 2 aromatic rings. The average molecular weight is 249 g/mol. The van der Waals surface area contributed by atoms with E-state index in [1.165, 1.54) is 4.57 Å². The van der Waals surface area contributed by atoms with Crippen LogP contribution in [-0.2, 0) is 11.8 Å². The molecular weight excluding hydrogens is 234 g/mol. The summed E-state index contributed by atoms with van der Waals surface area (Å²) < 4.78 is 6.53. The standard InChI is InChI=1S/C13H15NO4/c1-3-8(7-12(15)16)9-4-5-10-11(6-9)18-13(17)14(10)2/h4-6,8H,3,7H2,1-2H3,(H,15,16). The highest BCUT2D eigenvalue weighted by Crippen LogP contribution is 2.26. The minimum Gasteiger partial charge on any atom is -0.481 e. The molecule has 0 aliphatic rings. The third-order valence-electron chi connectivity index (χ3n) is 3.20. The molecule has 0 aliphatic carbocycles. The number of fused-ring (bicyclic) bond motifs is 1. The quantitative estimate of drug-likeness (QED) is 0.900. The Hall–Kier alpha value is -2.04. The van der Waals surface area contributed by atoms with E-state index >= 15 is 0 Å². The largest absolute Gasteiger partial charge is 0.481 e. The van der Waals surface area contributed by atoms with E-state index < -0.39 is 11.7 Å². The van der Waals surface area contributed by atoms with Gasteiger partial charge in [-0.1, -0.05) is 13.0 Å². The topological polar surface area (TPSA) is 72.4 Å². The van der Waals surface area contributed by atoms with Gasteiger partial charge < -0.3 is 9.52 Å². The Kier molecular flexibility index (Phi) is 3.23. The Morgan fingerprint density at radius 3 is 2.83 bits per heavy atom. The van der Waals surface area contributed by atoms with Crippen molar-refractivity contribution >= 4 is 17.1 Å².